The van der Waals surface area contributed by atoms with Crippen molar-refractivity contribution in [3.05, 3.63) is 40.3 Å². The molecule has 1 aromatic heterocycles. The maximum atomic E-state index is 14.5. The topological polar surface area (TPSA) is 107 Å². The first kappa shape index (κ1) is 29.4. The lowest BCUT2D eigenvalue weighted by Gasteiger charge is -2.41. The van der Waals surface area contributed by atoms with E-state index in [1.54, 1.807) is 35.6 Å². The highest BCUT2D eigenvalue weighted by molar-refractivity contribution is 5.90. The van der Waals surface area contributed by atoms with Crippen molar-refractivity contribution in [2.45, 2.75) is 78.7 Å². The van der Waals surface area contributed by atoms with E-state index in [1.807, 2.05) is 41.5 Å². The van der Waals surface area contributed by atoms with E-state index in [0.29, 0.717) is 34.7 Å². The predicted molar refractivity (Wildman–Crippen MR) is 142 cm³/mol. The highest BCUT2D eigenvalue weighted by Gasteiger charge is 2.44. The van der Waals surface area contributed by atoms with Gasteiger partial charge in [-0.25, -0.2) is 18.7 Å². The van der Waals surface area contributed by atoms with E-state index in [-0.39, 0.29) is 12.4 Å². The van der Waals surface area contributed by atoms with E-state index in [1.165, 1.54) is 14.2 Å². The minimum absolute atomic E-state index is 0.106. The van der Waals surface area contributed by atoms with Gasteiger partial charge in [0.15, 0.2) is 6.29 Å². The van der Waals surface area contributed by atoms with Crippen molar-refractivity contribution in [2.24, 2.45) is 0 Å². The first-order valence-electron chi connectivity index (χ1n) is 12.6. The lowest BCUT2D eigenvalue weighted by atomic mass is 9.80. The molecule has 0 saturated carbocycles. The monoisotopic (exact) mass is 533 g/mol. The molecule has 10 nitrogen and oxygen atoms in total. The van der Waals surface area contributed by atoms with Gasteiger partial charge in [0.05, 0.1) is 24.0 Å². The number of fused-ring (bicyclic) bond motifs is 1. The van der Waals surface area contributed by atoms with Crippen molar-refractivity contribution < 1.29 is 28.2 Å². The normalized spacial score (nSPS) is 16.8. The Morgan fingerprint density at radius 2 is 1.76 bits per heavy atom. The van der Waals surface area contributed by atoms with Crippen LogP contribution >= 0.6 is 0 Å². The Bertz CT molecular complexity index is 1180. The molecule has 3 amide bonds. The molecule has 1 aliphatic rings. The molecule has 0 unspecified atom stereocenters. The number of benzene rings is 1. The Balaban J connectivity index is 2.14. The van der Waals surface area contributed by atoms with Gasteiger partial charge in [-0.15, -0.1) is 0 Å². The average Bonchev–Trinajstić information content (AvgIpc) is 3.19. The number of halogens is 1. The summed E-state index contributed by atoms with van der Waals surface area (Å²) in [7, 11) is 2.96. The number of rotatable bonds is 6. The fraction of sp³-hybridized carbons (Fsp3) is 0.593. The SMILES string of the molecule is COC(CNC(=O)Nc1c2c(nn1-c1cc(C)c(F)c(C)c1)C(C)(C)CN(C(=O)OC(C)(C)C)[C@H]2C)OC. The summed E-state index contributed by atoms with van der Waals surface area (Å²) in [5.41, 5.74) is 1.66. The molecule has 0 aliphatic carbocycles. The maximum Gasteiger partial charge on any atom is 0.410 e. The summed E-state index contributed by atoms with van der Waals surface area (Å²) in [6.45, 7) is 15.1. The van der Waals surface area contributed by atoms with E-state index < -0.39 is 35.5 Å². The van der Waals surface area contributed by atoms with E-state index >= 15 is 0 Å². The number of amides is 3. The summed E-state index contributed by atoms with van der Waals surface area (Å²) in [5.74, 6) is 0.0796. The Hall–Kier alpha value is -3.18. The first-order chi connectivity index (χ1) is 17.6. The number of carbonyl (C=O) groups excluding carboxylic acids is 2. The van der Waals surface area contributed by atoms with Crippen LogP contribution in [0, 0.1) is 19.7 Å². The lowest BCUT2D eigenvalue weighted by molar-refractivity contribution is -0.0970. The molecule has 0 fully saturated rings. The van der Waals surface area contributed by atoms with Gasteiger partial charge in [0.2, 0.25) is 0 Å². The Kier molecular flexibility index (Phi) is 8.42. The number of nitrogens with zero attached hydrogens (tertiary/aromatic N) is 3. The maximum absolute atomic E-state index is 14.5. The van der Waals surface area contributed by atoms with Gasteiger partial charge in [-0.3, -0.25) is 5.32 Å². The highest BCUT2D eigenvalue weighted by atomic mass is 19.1. The largest absolute Gasteiger partial charge is 0.444 e. The minimum atomic E-state index is -0.672. The molecule has 0 bridgehead atoms. The van der Waals surface area contributed by atoms with E-state index in [2.05, 4.69) is 10.6 Å². The Morgan fingerprint density at radius 1 is 1.18 bits per heavy atom. The summed E-state index contributed by atoms with van der Waals surface area (Å²) in [6, 6.07) is 2.38. The van der Waals surface area contributed by atoms with Crippen molar-refractivity contribution in [1.29, 1.82) is 0 Å². The molecule has 2 N–H and O–H groups in total. The molecule has 11 heteroatoms. The number of hydrogen-bond acceptors (Lipinski definition) is 6. The number of anilines is 1. The van der Waals surface area contributed by atoms with Gasteiger partial charge in [0.25, 0.3) is 0 Å². The van der Waals surface area contributed by atoms with Crippen LogP contribution in [0.4, 0.5) is 19.8 Å². The molecule has 2 heterocycles. The van der Waals surface area contributed by atoms with Crippen LogP contribution in [0.5, 0.6) is 0 Å². The van der Waals surface area contributed by atoms with E-state index in [9.17, 15) is 14.0 Å². The lowest BCUT2D eigenvalue weighted by Crippen LogP contribution is -2.48. The van der Waals surface area contributed by atoms with Crippen molar-refractivity contribution in [3.63, 3.8) is 0 Å². The van der Waals surface area contributed by atoms with Crippen molar-refractivity contribution in [2.75, 3.05) is 32.6 Å². The van der Waals surface area contributed by atoms with E-state index in [0.717, 1.165) is 5.69 Å². The number of hydrogen-bond donors (Lipinski definition) is 2. The van der Waals surface area contributed by atoms with Crippen LogP contribution in [0.15, 0.2) is 12.1 Å². The third-order valence-electron chi connectivity index (χ3n) is 6.49. The number of aryl methyl sites for hydroxylation is 2. The predicted octanol–water partition coefficient (Wildman–Crippen LogP) is 4.96. The number of ether oxygens (including phenoxy) is 3. The molecule has 210 valence electrons. The number of methoxy groups -OCH3 is 2. The smallest absolute Gasteiger partial charge is 0.410 e. The van der Waals surface area contributed by atoms with Crippen LogP contribution < -0.4 is 10.6 Å². The second kappa shape index (κ2) is 10.9. The minimum Gasteiger partial charge on any atom is -0.444 e. The molecule has 1 aromatic carbocycles. The average molecular weight is 534 g/mol. The molecule has 0 saturated heterocycles. The second-order valence-electron chi connectivity index (χ2n) is 11.3. The zero-order valence-electron chi connectivity index (χ0n) is 24.0. The fourth-order valence-corrected chi connectivity index (χ4v) is 4.61. The number of urea groups is 1. The molecular weight excluding hydrogens is 493 g/mol. The van der Waals surface area contributed by atoms with Gasteiger partial charge >= 0.3 is 12.1 Å². The summed E-state index contributed by atoms with van der Waals surface area (Å²) < 4.78 is 32.1. The zero-order valence-corrected chi connectivity index (χ0v) is 24.0. The molecule has 38 heavy (non-hydrogen) atoms. The zero-order chi connectivity index (χ0) is 28.6. The van der Waals surface area contributed by atoms with Crippen molar-refractivity contribution in [3.8, 4) is 5.69 Å². The molecule has 1 atom stereocenters. The standard InChI is InChI=1S/C27H40FN5O5/c1-15-11-18(12-16(2)21(15)28)33-23(30-24(34)29-13-19(36-9)37-10)20-17(3)32(25(35)38-26(4,5)6)14-27(7,8)22(20)31-33/h11-12,17,19H,13-14H2,1-10H3,(H2,29,30,34)/t17-/m0/s1. The molecule has 0 spiro atoms. The third-order valence-corrected chi connectivity index (χ3v) is 6.49. The molecule has 1 aliphatic heterocycles. The van der Waals surface area contributed by atoms with Gasteiger partial charge < -0.3 is 24.4 Å². The molecule has 3 rings (SSSR count). The summed E-state index contributed by atoms with van der Waals surface area (Å²) >= 11 is 0. The third kappa shape index (κ3) is 6.10. The van der Waals surface area contributed by atoms with Crippen LogP contribution in [0.1, 0.15) is 70.0 Å². The molecular formula is C27H40FN5O5. The second-order valence-corrected chi connectivity index (χ2v) is 11.3. The van der Waals surface area contributed by atoms with Gasteiger partial charge in [-0.1, -0.05) is 13.8 Å². The van der Waals surface area contributed by atoms with Gasteiger partial charge in [-0.2, -0.15) is 5.10 Å². The van der Waals surface area contributed by atoms with Crippen LogP contribution in [0.2, 0.25) is 0 Å². The van der Waals surface area contributed by atoms with Crippen LogP contribution in [-0.4, -0.2) is 66.0 Å². The van der Waals surface area contributed by atoms with Crippen molar-refractivity contribution in [1.82, 2.24) is 20.0 Å². The Labute approximate surface area is 223 Å². The molecule has 0 radical (unpaired) electrons. The number of nitrogens with one attached hydrogen (secondary N) is 2. The van der Waals surface area contributed by atoms with Crippen molar-refractivity contribution >= 4 is 17.9 Å². The van der Waals surface area contributed by atoms with Crippen LogP contribution in [0.3, 0.4) is 0 Å². The Morgan fingerprint density at radius 3 is 2.29 bits per heavy atom. The van der Waals surface area contributed by atoms with Gasteiger partial charge in [0, 0.05) is 31.7 Å². The van der Waals surface area contributed by atoms with E-state index in [4.69, 9.17) is 19.3 Å². The molecule has 2 aromatic rings. The fourth-order valence-electron chi connectivity index (χ4n) is 4.61. The first-order valence-corrected chi connectivity index (χ1v) is 12.6. The number of carbonyl (C=O) groups is 2. The number of aromatic nitrogens is 2. The van der Waals surface area contributed by atoms with Gasteiger partial charge in [-0.05, 0) is 64.8 Å². The summed E-state index contributed by atoms with van der Waals surface area (Å²) in [6.07, 6.45) is -1.08. The summed E-state index contributed by atoms with van der Waals surface area (Å²) in [5, 5.41) is 10.6. The quantitative estimate of drug-likeness (QED) is 0.509. The highest BCUT2D eigenvalue weighted by Crippen LogP contribution is 2.44. The van der Waals surface area contributed by atoms with Crippen LogP contribution in [0.25, 0.3) is 5.69 Å². The summed E-state index contributed by atoms with van der Waals surface area (Å²) in [4.78, 5) is 27.9. The van der Waals surface area contributed by atoms with Crippen LogP contribution in [-0.2, 0) is 19.6 Å². The van der Waals surface area contributed by atoms with Gasteiger partial charge in [0.1, 0.15) is 17.2 Å².